The van der Waals surface area contributed by atoms with Crippen molar-refractivity contribution in [3.05, 3.63) is 87.7 Å². The Bertz CT molecular complexity index is 1320. The zero-order valence-electron chi connectivity index (χ0n) is 26.1. The Balaban J connectivity index is 2.51. The summed E-state index contributed by atoms with van der Waals surface area (Å²) < 4.78 is 0. The normalized spacial score (nSPS) is 13.5. The molecule has 2 aromatic rings. The number of nitrogens with one attached hydrogen (secondary N) is 1. The van der Waals surface area contributed by atoms with Gasteiger partial charge in [0.1, 0.15) is 5.60 Å². The number of benzene rings is 2. The van der Waals surface area contributed by atoms with Crippen molar-refractivity contribution in [2.45, 2.75) is 112 Å². The summed E-state index contributed by atoms with van der Waals surface area (Å²) in [5, 5.41) is 14.2. The van der Waals surface area contributed by atoms with Crippen molar-refractivity contribution in [2.24, 2.45) is 5.41 Å². The summed E-state index contributed by atoms with van der Waals surface area (Å²) in [6.45, 7) is 26.2. The van der Waals surface area contributed by atoms with Gasteiger partial charge in [-0.3, -0.25) is 4.79 Å². The molecule has 210 valence electrons. The average Bonchev–Trinajstić information content (AvgIpc) is 2.87. The van der Waals surface area contributed by atoms with Gasteiger partial charge >= 0.3 is 0 Å². The first-order valence-corrected chi connectivity index (χ1v) is 14.2. The summed E-state index contributed by atoms with van der Waals surface area (Å²) in [6.07, 6.45) is 2.43. The summed E-state index contributed by atoms with van der Waals surface area (Å²) in [6, 6.07) is 12.7. The predicted molar refractivity (Wildman–Crippen MR) is 165 cm³/mol. The molecule has 2 rings (SSSR count). The topological polar surface area (TPSA) is 49.3 Å². The zero-order chi connectivity index (χ0) is 29.8. The molecule has 39 heavy (non-hydrogen) atoms. The van der Waals surface area contributed by atoms with Crippen LogP contribution in [0.15, 0.2) is 54.3 Å². The van der Waals surface area contributed by atoms with Crippen LogP contribution in [0.1, 0.15) is 120 Å². The standard InChI is InChI=1S/C36H49NO2/c1-13-27(7)34(11,12)37-32(38)31-20-19-30(24-26(31)6)35(14-2,15-3)29-18-17-28(25(5)23-29)21-22-36(39,16-4)33(8,9)10/h17-20,23-24,39H,1,14-16H2,2-12H3,(H,37,38). The second-order valence-corrected chi connectivity index (χ2v) is 12.4. The average molecular weight is 528 g/mol. The highest BCUT2D eigenvalue weighted by molar-refractivity contribution is 5.96. The Hall–Kier alpha value is -3.05. The highest BCUT2D eigenvalue weighted by Gasteiger charge is 2.37. The summed E-state index contributed by atoms with van der Waals surface area (Å²) in [5.74, 6) is 6.34. The molecular formula is C36H49NO2. The minimum absolute atomic E-state index is 0.0988. The molecule has 0 heterocycles. The Morgan fingerprint density at radius 2 is 1.44 bits per heavy atom. The Morgan fingerprint density at radius 3 is 1.87 bits per heavy atom. The third-order valence-corrected chi connectivity index (χ3v) is 8.79. The van der Waals surface area contributed by atoms with E-state index in [2.05, 4.69) is 80.6 Å². The maximum atomic E-state index is 13.2. The molecule has 0 bridgehead atoms. The van der Waals surface area contributed by atoms with E-state index >= 15 is 0 Å². The van der Waals surface area contributed by atoms with E-state index < -0.39 is 11.1 Å². The number of aryl methyl sites for hydroxylation is 2. The van der Waals surface area contributed by atoms with E-state index in [1.165, 1.54) is 11.1 Å². The summed E-state index contributed by atoms with van der Waals surface area (Å²) in [4.78, 5) is 13.2. The van der Waals surface area contributed by atoms with Gasteiger partial charge in [0.25, 0.3) is 5.91 Å². The van der Waals surface area contributed by atoms with Gasteiger partial charge in [-0.1, -0.05) is 84.2 Å². The van der Waals surface area contributed by atoms with Gasteiger partial charge in [0.15, 0.2) is 0 Å². The number of carbonyl (C=O) groups is 1. The summed E-state index contributed by atoms with van der Waals surface area (Å²) in [5.41, 5.74) is 7.80. The number of aliphatic hydroxyl groups is 1. The van der Waals surface area contributed by atoms with Gasteiger partial charge in [-0.25, -0.2) is 0 Å². The van der Waals surface area contributed by atoms with Crippen molar-refractivity contribution in [1.29, 1.82) is 0 Å². The van der Waals surface area contributed by atoms with Crippen LogP contribution in [-0.4, -0.2) is 22.2 Å². The van der Waals surface area contributed by atoms with Gasteiger partial charge in [-0.15, -0.1) is 5.73 Å². The van der Waals surface area contributed by atoms with Crippen LogP contribution in [0.25, 0.3) is 0 Å². The Kier molecular flexibility index (Phi) is 9.89. The van der Waals surface area contributed by atoms with Gasteiger partial charge in [-0.2, -0.15) is 0 Å². The third kappa shape index (κ3) is 6.58. The first-order chi connectivity index (χ1) is 18.0. The lowest BCUT2D eigenvalue weighted by Gasteiger charge is -2.35. The molecule has 0 fully saturated rings. The van der Waals surface area contributed by atoms with Crippen molar-refractivity contribution in [3.8, 4) is 11.8 Å². The second-order valence-electron chi connectivity index (χ2n) is 12.4. The van der Waals surface area contributed by atoms with Gasteiger partial charge in [-0.05, 0) is 93.8 Å². The quantitative estimate of drug-likeness (QED) is 0.269. The minimum Gasteiger partial charge on any atom is -0.377 e. The molecular weight excluding hydrogens is 478 g/mol. The molecule has 0 aliphatic heterocycles. The van der Waals surface area contributed by atoms with Crippen molar-refractivity contribution in [3.63, 3.8) is 0 Å². The van der Waals surface area contributed by atoms with Crippen LogP contribution >= 0.6 is 0 Å². The third-order valence-electron chi connectivity index (χ3n) is 8.79. The molecule has 0 saturated heterocycles. The van der Waals surface area contributed by atoms with Gasteiger partial charge in [0, 0.05) is 22.0 Å². The summed E-state index contributed by atoms with van der Waals surface area (Å²) >= 11 is 0. The van der Waals surface area contributed by atoms with E-state index in [1.807, 2.05) is 61.5 Å². The highest BCUT2D eigenvalue weighted by Crippen LogP contribution is 2.40. The van der Waals surface area contributed by atoms with Crippen molar-refractivity contribution >= 4 is 5.91 Å². The van der Waals surface area contributed by atoms with Gasteiger partial charge < -0.3 is 10.4 Å². The Labute approximate surface area is 237 Å². The molecule has 0 aliphatic carbocycles. The smallest absolute Gasteiger partial charge is 0.252 e. The second kappa shape index (κ2) is 12.0. The predicted octanol–water partition coefficient (Wildman–Crippen LogP) is 8.19. The molecule has 0 aliphatic rings. The molecule has 0 saturated carbocycles. The van der Waals surface area contributed by atoms with Crippen LogP contribution in [0.3, 0.4) is 0 Å². The number of hydrogen-bond acceptors (Lipinski definition) is 2. The Morgan fingerprint density at radius 1 is 0.897 bits per heavy atom. The fourth-order valence-electron chi connectivity index (χ4n) is 5.19. The van der Waals surface area contributed by atoms with Crippen LogP contribution in [0.5, 0.6) is 0 Å². The fourth-order valence-corrected chi connectivity index (χ4v) is 5.19. The van der Waals surface area contributed by atoms with Crippen LogP contribution in [0.4, 0.5) is 0 Å². The number of amides is 1. The van der Waals surface area contributed by atoms with Crippen molar-refractivity contribution in [2.75, 3.05) is 0 Å². The van der Waals surface area contributed by atoms with Gasteiger partial charge in [0.05, 0.1) is 5.54 Å². The maximum absolute atomic E-state index is 13.2. The lowest BCUT2D eigenvalue weighted by molar-refractivity contribution is -0.00749. The van der Waals surface area contributed by atoms with Crippen LogP contribution < -0.4 is 5.32 Å². The summed E-state index contributed by atoms with van der Waals surface area (Å²) in [7, 11) is 0. The lowest BCUT2D eigenvalue weighted by atomic mass is 9.69. The fraction of sp³-hybridized carbons (Fsp3) is 0.500. The molecule has 1 amide bonds. The van der Waals surface area contributed by atoms with Crippen molar-refractivity contribution in [1.82, 2.24) is 5.32 Å². The first-order valence-electron chi connectivity index (χ1n) is 14.2. The molecule has 2 N–H and O–H groups in total. The molecule has 3 nitrogen and oxygen atoms in total. The monoisotopic (exact) mass is 527 g/mol. The molecule has 0 aromatic heterocycles. The van der Waals surface area contributed by atoms with Crippen molar-refractivity contribution < 1.29 is 9.90 Å². The van der Waals surface area contributed by atoms with E-state index in [0.29, 0.717) is 12.0 Å². The number of rotatable bonds is 8. The van der Waals surface area contributed by atoms with Crippen LogP contribution in [-0.2, 0) is 5.41 Å². The molecule has 0 radical (unpaired) electrons. The van der Waals surface area contributed by atoms with Crippen LogP contribution in [0.2, 0.25) is 0 Å². The molecule has 1 unspecified atom stereocenters. The van der Waals surface area contributed by atoms with E-state index in [0.717, 1.165) is 35.1 Å². The first kappa shape index (κ1) is 32.2. The highest BCUT2D eigenvalue weighted by atomic mass is 16.3. The van der Waals surface area contributed by atoms with E-state index in [4.69, 9.17) is 0 Å². The maximum Gasteiger partial charge on any atom is 0.252 e. The van der Waals surface area contributed by atoms with Gasteiger partial charge in [0.2, 0.25) is 0 Å². The lowest BCUT2D eigenvalue weighted by Crippen LogP contribution is -2.44. The molecule has 2 aromatic carbocycles. The molecule has 3 heteroatoms. The zero-order valence-corrected chi connectivity index (χ0v) is 26.1. The number of hydrogen-bond donors (Lipinski definition) is 2. The van der Waals surface area contributed by atoms with E-state index in [1.54, 1.807) is 0 Å². The SMILES string of the molecule is C=C=C(C)C(C)(C)NC(=O)c1ccc(C(CC)(CC)c2ccc(C#CC(O)(CC)C(C)(C)C)c(C)c2)cc1C. The van der Waals surface area contributed by atoms with Crippen LogP contribution in [0, 0.1) is 31.1 Å². The number of carbonyl (C=O) groups excluding carboxylic acids is 1. The molecule has 0 spiro atoms. The van der Waals surface area contributed by atoms with E-state index in [-0.39, 0.29) is 16.7 Å². The minimum atomic E-state index is -1.05. The van der Waals surface area contributed by atoms with E-state index in [9.17, 15) is 9.90 Å². The molecule has 1 atom stereocenters. The largest absolute Gasteiger partial charge is 0.377 e.